The molecule has 28 heavy (non-hydrogen) atoms. The predicted octanol–water partition coefficient (Wildman–Crippen LogP) is 2.56. The van der Waals surface area contributed by atoms with Crippen LogP contribution in [0.1, 0.15) is 27.1 Å². The second kappa shape index (κ2) is 7.72. The van der Waals surface area contributed by atoms with Crippen molar-refractivity contribution in [3.8, 4) is 5.75 Å². The normalized spacial score (nSPS) is 14.8. The Bertz CT molecular complexity index is 1010. The molecule has 4 rings (SSSR count). The summed E-state index contributed by atoms with van der Waals surface area (Å²) < 4.78 is 5.21. The van der Waals surface area contributed by atoms with Crippen LogP contribution in [0.25, 0.3) is 11.0 Å². The monoisotopic (exact) mass is 378 g/mol. The Labute approximate surface area is 162 Å². The topological polar surface area (TPSA) is 78.5 Å². The highest BCUT2D eigenvalue weighted by molar-refractivity contribution is 5.97. The fourth-order valence-corrected chi connectivity index (χ4v) is 3.51. The number of aromatic nitrogens is 2. The van der Waals surface area contributed by atoms with E-state index in [2.05, 4.69) is 9.97 Å². The van der Waals surface area contributed by atoms with Crippen molar-refractivity contribution in [1.82, 2.24) is 19.8 Å². The van der Waals surface area contributed by atoms with Gasteiger partial charge < -0.3 is 19.5 Å². The lowest BCUT2D eigenvalue weighted by molar-refractivity contribution is 0.0718. The Morgan fingerprint density at radius 3 is 2.39 bits per heavy atom. The Kier molecular flexibility index (Phi) is 4.97. The number of H-pyrrole nitrogens is 1. The van der Waals surface area contributed by atoms with E-state index in [0.717, 1.165) is 17.5 Å². The first kappa shape index (κ1) is 18.0. The van der Waals surface area contributed by atoms with E-state index in [9.17, 15) is 9.59 Å². The molecule has 0 aliphatic carbocycles. The van der Waals surface area contributed by atoms with Crippen molar-refractivity contribution in [3.63, 3.8) is 0 Å². The van der Waals surface area contributed by atoms with Crippen molar-refractivity contribution in [3.05, 3.63) is 59.9 Å². The van der Waals surface area contributed by atoms with Crippen LogP contribution in [-0.4, -0.2) is 64.9 Å². The SMILES string of the molecule is COc1cccc(C(=O)N2CCCN(C(=O)c3ccc4nc[nH]c4c3)CC2)c1. The Balaban J connectivity index is 1.45. The van der Waals surface area contributed by atoms with Crippen LogP contribution in [0.5, 0.6) is 5.75 Å². The molecule has 2 aromatic carbocycles. The number of carbonyl (C=O) groups excluding carboxylic acids is 2. The van der Waals surface area contributed by atoms with Gasteiger partial charge in [0.25, 0.3) is 11.8 Å². The molecule has 1 N–H and O–H groups in total. The maximum atomic E-state index is 12.9. The summed E-state index contributed by atoms with van der Waals surface area (Å²) in [5, 5.41) is 0. The summed E-state index contributed by atoms with van der Waals surface area (Å²) in [4.78, 5) is 36.6. The minimum Gasteiger partial charge on any atom is -0.497 e. The standard InChI is InChI=1S/C21H22N4O3/c1-28-17-5-2-4-15(12-17)20(26)24-8-3-9-25(11-10-24)21(27)16-6-7-18-19(13-16)23-14-22-18/h2,4-7,12-14H,3,8-11H2,1H3,(H,22,23). The lowest BCUT2D eigenvalue weighted by Gasteiger charge is -2.22. The molecule has 7 heteroatoms. The van der Waals surface area contributed by atoms with E-state index in [4.69, 9.17) is 4.74 Å². The number of nitrogens with one attached hydrogen (secondary N) is 1. The van der Waals surface area contributed by atoms with Crippen molar-refractivity contribution in [2.45, 2.75) is 6.42 Å². The number of methoxy groups -OCH3 is 1. The van der Waals surface area contributed by atoms with Crippen LogP contribution in [-0.2, 0) is 0 Å². The van der Waals surface area contributed by atoms with Crippen LogP contribution in [0, 0.1) is 0 Å². The molecule has 0 spiro atoms. The van der Waals surface area contributed by atoms with Crippen molar-refractivity contribution in [2.75, 3.05) is 33.3 Å². The van der Waals surface area contributed by atoms with E-state index in [0.29, 0.717) is 43.1 Å². The zero-order valence-electron chi connectivity index (χ0n) is 15.7. The number of rotatable bonds is 3. The number of ether oxygens (including phenoxy) is 1. The van der Waals surface area contributed by atoms with Crippen LogP contribution < -0.4 is 4.74 Å². The van der Waals surface area contributed by atoms with Gasteiger partial charge in [-0.15, -0.1) is 0 Å². The number of fused-ring (bicyclic) bond motifs is 1. The molecule has 1 fully saturated rings. The molecule has 1 aliphatic heterocycles. The van der Waals surface area contributed by atoms with E-state index in [1.807, 2.05) is 29.2 Å². The predicted molar refractivity (Wildman–Crippen MR) is 106 cm³/mol. The van der Waals surface area contributed by atoms with Gasteiger partial charge in [-0.2, -0.15) is 0 Å². The Morgan fingerprint density at radius 2 is 1.68 bits per heavy atom. The zero-order chi connectivity index (χ0) is 19.5. The van der Waals surface area contributed by atoms with Gasteiger partial charge in [-0.3, -0.25) is 9.59 Å². The number of imidazole rings is 1. The van der Waals surface area contributed by atoms with Gasteiger partial charge in [0.2, 0.25) is 0 Å². The average Bonchev–Trinajstić information content (AvgIpc) is 3.07. The first-order valence-corrected chi connectivity index (χ1v) is 9.31. The number of hydrogen-bond donors (Lipinski definition) is 1. The van der Waals surface area contributed by atoms with Gasteiger partial charge in [0.1, 0.15) is 5.75 Å². The van der Waals surface area contributed by atoms with Gasteiger partial charge in [-0.25, -0.2) is 4.98 Å². The third-order valence-electron chi connectivity index (χ3n) is 5.05. The molecule has 2 heterocycles. The fraction of sp³-hybridized carbons (Fsp3) is 0.286. The van der Waals surface area contributed by atoms with Crippen molar-refractivity contribution in [2.24, 2.45) is 0 Å². The number of nitrogens with zero attached hydrogens (tertiary/aromatic N) is 3. The van der Waals surface area contributed by atoms with Gasteiger partial charge in [-0.05, 0) is 42.8 Å². The van der Waals surface area contributed by atoms with Crippen LogP contribution in [0.3, 0.4) is 0 Å². The average molecular weight is 378 g/mol. The maximum Gasteiger partial charge on any atom is 0.254 e. The maximum absolute atomic E-state index is 12.9. The van der Waals surface area contributed by atoms with Gasteiger partial charge in [0.05, 0.1) is 24.5 Å². The number of aromatic amines is 1. The molecule has 0 radical (unpaired) electrons. The molecule has 0 unspecified atom stereocenters. The van der Waals surface area contributed by atoms with E-state index < -0.39 is 0 Å². The number of amides is 2. The second-order valence-electron chi connectivity index (χ2n) is 6.80. The van der Waals surface area contributed by atoms with E-state index in [1.165, 1.54) is 0 Å². The third kappa shape index (κ3) is 3.55. The minimum absolute atomic E-state index is 0.0211. The molecule has 144 valence electrons. The summed E-state index contributed by atoms with van der Waals surface area (Å²) >= 11 is 0. The molecule has 1 saturated heterocycles. The number of carbonyl (C=O) groups is 2. The summed E-state index contributed by atoms with van der Waals surface area (Å²) in [5.74, 6) is 0.603. The largest absolute Gasteiger partial charge is 0.497 e. The minimum atomic E-state index is -0.0351. The van der Waals surface area contributed by atoms with Gasteiger partial charge in [0.15, 0.2) is 0 Å². The molecule has 1 aromatic heterocycles. The van der Waals surface area contributed by atoms with Crippen LogP contribution in [0.4, 0.5) is 0 Å². The van der Waals surface area contributed by atoms with E-state index >= 15 is 0 Å². The second-order valence-corrected chi connectivity index (χ2v) is 6.80. The number of hydrogen-bond acceptors (Lipinski definition) is 4. The Hall–Kier alpha value is -3.35. The first-order valence-electron chi connectivity index (χ1n) is 9.31. The first-order chi connectivity index (χ1) is 13.7. The van der Waals surface area contributed by atoms with Crippen LogP contribution in [0.15, 0.2) is 48.8 Å². The smallest absolute Gasteiger partial charge is 0.254 e. The van der Waals surface area contributed by atoms with E-state index in [1.54, 1.807) is 36.5 Å². The highest BCUT2D eigenvalue weighted by Gasteiger charge is 2.24. The molecular weight excluding hydrogens is 356 g/mol. The molecule has 3 aromatic rings. The van der Waals surface area contributed by atoms with Gasteiger partial charge in [-0.1, -0.05) is 6.07 Å². The highest BCUT2D eigenvalue weighted by Crippen LogP contribution is 2.17. The van der Waals surface area contributed by atoms with E-state index in [-0.39, 0.29) is 11.8 Å². The summed E-state index contributed by atoms with van der Waals surface area (Å²) in [6.45, 7) is 2.27. The fourth-order valence-electron chi connectivity index (χ4n) is 3.51. The van der Waals surface area contributed by atoms with Gasteiger partial charge >= 0.3 is 0 Å². The summed E-state index contributed by atoms with van der Waals surface area (Å²) in [5.41, 5.74) is 2.91. The molecule has 0 atom stereocenters. The quantitative estimate of drug-likeness (QED) is 0.760. The lowest BCUT2D eigenvalue weighted by atomic mass is 10.1. The molecule has 7 nitrogen and oxygen atoms in total. The molecule has 2 amide bonds. The molecule has 0 bridgehead atoms. The lowest BCUT2D eigenvalue weighted by Crippen LogP contribution is -2.37. The highest BCUT2D eigenvalue weighted by atomic mass is 16.5. The third-order valence-corrected chi connectivity index (χ3v) is 5.05. The summed E-state index contributed by atoms with van der Waals surface area (Å²) in [6.07, 6.45) is 2.36. The van der Waals surface area contributed by atoms with Crippen molar-refractivity contribution < 1.29 is 14.3 Å². The Morgan fingerprint density at radius 1 is 0.964 bits per heavy atom. The zero-order valence-corrected chi connectivity index (χ0v) is 15.7. The molecule has 0 saturated carbocycles. The van der Waals surface area contributed by atoms with Crippen LogP contribution >= 0.6 is 0 Å². The molecular formula is C21H22N4O3. The number of benzene rings is 2. The van der Waals surface area contributed by atoms with Gasteiger partial charge in [0, 0.05) is 37.3 Å². The van der Waals surface area contributed by atoms with Crippen molar-refractivity contribution in [1.29, 1.82) is 0 Å². The summed E-state index contributed by atoms with van der Waals surface area (Å²) in [7, 11) is 1.58. The summed E-state index contributed by atoms with van der Waals surface area (Å²) in [6, 6.07) is 12.6. The molecule has 1 aliphatic rings. The van der Waals surface area contributed by atoms with Crippen molar-refractivity contribution >= 4 is 22.8 Å². The van der Waals surface area contributed by atoms with Crippen LogP contribution in [0.2, 0.25) is 0 Å².